The molecule has 0 aromatic heterocycles. The number of amides is 1. The van der Waals surface area contributed by atoms with Crippen molar-refractivity contribution in [3.8, 4) is 0 Å². The Hall–Kier alpha value is -1.88. The highest BCUT2D eigenvalue weighted by molar-refractivity contribution is 6.21. The molecule has 0 aliphatic carbocycles. The predicted molar refractivity (Wildman–Crippen MR) is 70.7 cm³/mol. The fourth-order valence-corrected chi connectivity index (χ4v) is 2.56. The smallest absolute Gasteiger partial charge is 0.281 e. The summed E-state index contributed by atoms with van der Waals surface area (Å²) in [5, 5.41) is 19.3. The van der Waals surface area contributed by atoms with E-state index in [9.17, 15) is 15.0 Å². The van der Waals surface area contributed by atoms with Gasteiger partial charge in [0.15, 0.2) is 18.1 Å². The third kappa shape index (κ3) is 2.12. The first-order chi connectivity index (χ1) is 10.1. The van der Waals surface area contributed by atoms with Gasteiger partial charge in [-0.25, -0.2) is 0 Å². The maximum Gasteiger partial charge on any atom is 0.281 e. The summed E-state index contributed by atoms with van der Waals surface area (Å²) in [4.78, 5) is 24.8. The van der Waals surface area contributed by atoms with Gasteiger partial charge in [-0.15, -0.1) is 0 Å². The van der Waals surface area contributed by atoms with Crippen molar-refractivity contribution < 1.29 is 24.5 Å². The molecule has 21 heavy (non-hydrogen) atoms. The van der Waals surface area contributed by atoms with Crippen LogP contribution >= 0.6 is 0 Å². The number of rotatable bonds is 3. The lowest BCUT2D eigenvalue weighted by Gasteiger charge is -2.28. The van der Waals surface area contributed by atoms with Gasteiger partial charge in [-0.1, -0.05) is 0 Å². The maximum atomic E-state index is 11.7. The molecule has 5 atom stereocenters. The number of guanidine groups is 1. The van der Waals surface area contributed by atoms with E-state index in [1.54, 1.807) is 0 Å². The number of methoxy groups -OCH3 is 1. The molecule has 0 radical (unpaired) electrons. The highest BCUT2D eigenvalue weighted by atomic mass is 16.6. The first kappa shape index (κ1) is 14.1. The molecule has 5 unspecified atom stereocenters. The van der Waals surface area contributed by atoms with Gasteiger partial charge in [-0.2, -0.15) is 9.98 Å². The molecule has 0 aromatic carbocycles. The fraction of sp³-hybridized carbons (Fsp3) is 0.636. The molecular formula is C11H15N5O5. The number of aliphatic hydroxyl groups is 2. The molecule has 1 fully saturated rings. The van der Waals surface area contributed by atoms with Gasteiger partial charge in [0.05, 0.1) is 12.9 Å². The molecule has 4 N–H and O–H groups in total. The molecule has 0 spiro atoms. The highest BCUT2D eigenvalue weighted by Crippen LogP contribution is 2.28. The minimum absolute atomic E-state index is 0.159. The number of amidine groups is 1. The SMILES string of the molecule is COC1C(O)C(CO)OC1N1C=NC2C(=O)N=C(N)N=C21. The van der Waals surface area contributed by atoms with Crippen molar-refractivity contribution >= 4 is 24.0 Å². The predicted octanol–water partition coefficient (Wildman–Crippen LogP) is -2.95. The summed E-state index contributed by atoms with van der Waals surface area (Å²) in [7, 11) is 1.42. The number of ether oxygens (including phenoxy) is 2. The summed E-state index contributed by atoms with van der Waals surface area (Å²) in [5.41, 5.74) is 5.49. The number of fused-ring (bicyclic) bond motifs is 1. The number of carbonyl (C=O) groups is 1. The minimum Gasteiger partial charge on any atom is -0.394 e. The summed E-state index contributed by atoms with van der Waals surface area (Å²) >= 11 is 0. The molecule has 3 aliphatic rings. The summed E-state index contributed by atoms with van der Waals surface area (Å²) in [6, 6.07) is -0.858. The van der Waals surface area contributed by atoms with Gasteiger partial charge in [0.25, 0.3) is 5.91 Å². The van der Waals surface area contributed by atoms with Crippen LogP contribution in [0.15, 0.2) is 15.0 Å². The molecule has 1 saturated heterocycles. The summed E-state index contributed by atoms with van der Waals surface area (Å²) < 4.78 is 10.8. The minimum atomic E-state index is -1.01. The van der Waals surface area contributed by atoms with Gasteiger partial charge < -0.3 is 25.4 Å². The number of aliphatic imine (C=N–C) groups is 3. The Balaban J connectivity index is 1.89. The number of nitrogens with two attached hydrogens (primary N) is 1. The van der Waals surface area contributed by atoms with Crippen LogP contribution in [0, 0.1) is 0 Å². The van der Waals surface area contributed by atoms with E-state index in [0.717, 1.165) is 0 Å². The van der Waals surface area contributed by atoms with Gasteiger partial charge in [-0.05, 0) is 0 Å². The van der Waals surface area contributed by atoms with E-state index in [1.807, 2.05) is 0 Å². The molecule has 0 bridgehead atoms. The van der Waals surface area contributed by atoms with Crippen molar-refractivity contribution in [2.75, 3.05) is 13.7 Å². The van der Waals surface area contributed by atoms with Crippen molar-refractivity contribution in [2.45, 2.75) is 30.6 Å². The van der Waals surface area contributed by atoms with Crippen LogP contribution in [0.4, 0.5) is 0 Å². The lowest BCUT2D eigenvalue weighted by Crippen LogP contribution is -2.49. The van der Waals surface area contributed by atoms with Crippen molar-refractivity contribution in [3.05, 3.63) is 0 Å². The van der Waals surface area contributed by atoms with Crippen molar-refractivity contribution in [1.82, 2.24) is 4.90 Å². The molecule has 114 valence electrons. The van der Waals surface area contributed by atoms with E-state index in [1.165, 1.54) is 18.3 Å². The van der Waals surface area contributed by atoms with Crippen LogP contribution in [-0.2, 0) is 14.3 Å². The normalized spacial score (nSPS) is 38.5. The monoisotopic (exact) mass is 297 g/mol. The molecule has 3 aliphatic heterocycles. The van der Waals surface area contributed by atoms with Crippen LogP contribution in [0.1, 0.15) is 0 Å². The van der Waals surface area contributed by atoms with Crippen molar-refractivity contribution in [1.29, 1.82) is 0 Å². The Labute approximate surface area is 119 Å². The topological polar surface area (TPSA) is 142 Å². The largest absolute Gasteiger partial charge is 0.394 e. The lowest BCUT2D eigenvalue weighted by atomic mass is 10.1. The van der Waals surface area contributed by atoms with Gasteiger partial charge in [0, 0.05) is 7.11 Å². The summed E-state index contributed by atoms with van der Waals surface area (Å²) in [6.45, 7) is -0.360. The zero-order chi connectivity index (χ0) is 15.1. The van der Waals surface area contributed by atoms with Crippen LogP contribution < -0.4 is 5.73 Å². The molecule has 10 heteroatoms. The van der Waals surface area contributed by atoms with Crippen molar-refractivity contribution in [3.63, 3.8) is 0 Å². The molecule has 3 rings (SSSR count). The third-order valence-corrected chi connectivity index (χ3v) is 3.58. The third-order valence-electron chi connectivity index (χ3n) is 3.58. The van der Waals surface area contributed by atoms with E-state index in [4.69, 9.17) is 15.2 Å². The standard InChI is InChI=1S/C11H15N5O5/c1-20-7-6(18)4(2-17)21-10(7)16-3-13-5-8(16)14-11(12)15-9(5)19/h3-7,10,17-18H,2H2,1H3,(H2,12,15,19). The first-order valence-corrected chi connectivity index (χ1v) is 6.32. The Kier molecular flexibility index (Phi) is 3.45. The second kappa shape index (κ2) is 5.15. The molecule has 1 amide bonds. The number of hydrogen-bond donors (Lipinski definition) is 3. The van der Waals surface area contributed by atoms with Gasteiger partial charge in [-0.3, -0.25) is 14.7 Å². The Bertz CT molecular complexity index is 547. The molecule has 0 saturated carbocycles. The number of aliphatic hydroxyl groups excluding tert-OH is 2. The van der Waals surface area contributed by atoms with E-state index in [-0.39, 0.29) is 18.4 Å². The Morgan fingerprint density at radius 2 is 2.29 bits per heavy atom. The number of carbonyl (C=O) groups excluding carboxylic acids is 1. The van der Waals surface area contributed by atoms with Gasteiger partial charge in [0.2, 0.25) is 5.96 Å². The van der Waals surface area contributed by atoms with Crippen LogP contribution in [0.3, 0.4) is 0 Å². The molecular weight excluding hydrogens is 282 g/mol. The van der Waals surface area contributed by atoms with E-state index in [0.29, 0.717) is 0 Å². The maximum absolute atomic E-state index is 11.7. The van der Waals surface area contributed by atoms with E-state index >= 15 is 0 Å². The second-order valence-electron chi connectivity index (χ2n) is 4.79. The lowest BCUT2D eigenvalue weighted by molar-refractivity contribution is -0.117. The zero-order valence-electron chi connectivity index (χ0n) is 11.2. The van der Waals surface area contributed by atoms with Crippen LogP contribution in [0.2, 0.25) is 0 Å². The summed E-state index contributed by atoms with van der Waals surface area (Å²) in [5.74, 6) is -0.402. The van der Waals surface area contributed by atoms with Crippen LogP contribution in [0.25, 0.3) is 0 Å². The highest BCUT2D eigenvalue weighted by Gasteiger charge is 2.50. The molecule has 3 heterocycles. The van der Waals surface area contributed by atoms with Crippen LogP contribution in [0.5, 0.6) is 0 Å². The Morgan fingerprint density at radius 1 is 1.52 bits per heavy atom. The number of nitrogens with zero attached hydrogens (tertiary/aromatic N) is 4. The van der Waals surface area contributed by atoms with Gasteiger partial charge >= 0.3 is 0 Å². The first-order valence-electron chi connectivity index (χ1n) is 6.32. The number of hydrogen-bond acceptors (Lipinski definition) is 9. The second-order valence-corrected chi connectivity index (χ2v) is 4.79. The van der Waals surface area contributed by atoms with Crippen LogP contribution in [-0.4, -0.2) is 83.5 Å². The zero-order valence-corrected chi connectivity index (χ0v) is 11.2. The molecule has 0 aromatic rings. The van der Waals surface area contributed by atoms with Crippen molar-refractivity contribution in [2.24, 2.45) is 20.7 Å². The Morgan fingerprint density at radius 3 is 2.95 bits per heavy atom. The molecule has 10 nitrogen and oxygen atoms in total. The average Bonchev–Trinajstić information content (AvgIpc) is 2.99. The van der Waals surface area contributed by atoms with E-state index < -0.39 is 36.5 Å². The van der Waals surface area contributed by atoms with E-state index in [2.05, 4.69) is 15.0 Å². The van der Waals surface area contributed by atoms with Gasteiger partial charge in [0.1, 0.15) is 18.3 Å². The average molecular weight is 297 g/mol. The summed E-state index contributed by atoms with van der Waals surface area (Å²) in [6.07, 6.45) is -1.93. The fourth-order valence-electron chi connectivity index (χ4n) is 2.56. The quantitative estimate of drug-likeness (QED) is 0.505.